The molecule has 21 nitrogen and oxygen atoms in total. The Bertz CT molecular complexity index is 3910. The second kappa shape index (κ2) is 23.0. The van der Waals surface area contributed by atoms with Crippen molar-refractivity contribution in [3.05, 3.63) is 89.5 Å². The first kappa shape index (κ1) is 54.3. The molecule has 0 fully saturated rings. The zero-order valence-corrected chi connectivity index (χ0v) is 47.6. The molecule has 0 saturated carbocycles. The highest BCUT2D eigenvalue weighted by atomic mass is 32.2. The molecule has 0 radical (unpaired) electrons. The van der Waals surface area contributed by atoms with Gasteiger partial charge in [-0.2, -0.15) is 49.3 Å². The Kier molecular flexibility index (Phi) is 16.4. The van der Waals surface area contributed by atoms with Crippen LogP contribution in [0.4, 0.5) is 56.0 Å². The number of anilines is 6. The molecular formula is C48H49N15O6S7. The van der Waals surface area contributed by atoms with Gasteiger partial charge in [0.2, 0.25) is 11.9 Å². The highest BCUT2D eigenvalue weighted by Gasteiger charge is 2.22. The number of aromatic nitrogens is 7. The number of nitrogens with zero attached hydrogens (tertiary/aromatic N) is 13. The number of fused-ring (bicyclic) bond motifs is 2. The van der Waals surface area contributed by atoms with E-state index < -0.39 is 26.0 Å². The molecule has 28 heteroatoms. The minimum absolute atomic E-state index is 0.0666. The molecule has 5 aromatic heterocycles. The topological polar surface area (TPSA) is 279 Å². The van der Waals surface area contributed by atoms with Crippen molar-refractivity contribution in [2.24, 2.45) is 20.5 Å². The van der Waals surface area contributed by atoms with Crippen LogP contribution in [0.5, 0.6) is 0 Å². The van der Waals surface area contributed by atoms with Crippen LogP contribution < -0.4 is 20.4 Å². The van der Waals surface area contributed by atoms with Gasteiger partial charge in [-0.05, 0) is 160 Å². The normalized spacial score (nSPS) is 12.2. The van der Waals surface area contributed by atoms with Crippen molar-refractivity contribution in [2.75, 3.05) is 58.1 Å². The van der Waals surface area contributed by atoms with Crippen molar-refractivity contribution in [3.63, 3.8) is 0 Å². The third kappa shape index (κ3) is 12.2. The lowest BCUT2D eigenvalue weighted by Crippen LogP contribution is -2.21. The Labute approximate surface area is 458 Å². The fourth-order valence-corrected chi connectivity index (χ4v) is 13.6. The summed E-state index contributed by atoms with van der Waals surface area (Å²) in [6.45, 7) is 16.8. The predicted octanol–water partition coefficient (Wildman–Crippen LogP) is 13.5. The Morgan fingerprint density at radius 2 is 1.05 bits per heavy atom. The number of azo groups is 2. The molecule has 5 heterocycles. The Hall–Kier alpha value is -6.50. The number of hydrogen-bond acceptors (Lipinski definition) is 24. The average Bonchev–Trinajstić information content (AvgIpc) is 4.20. The summed E-state index contributed by atoms with van der Waals surface area (Å²) in [6, 6.07) is 22.3. The maximum absolute atomic E-state index is 12.2. The highest BCUT2D eigenvalue weighted by Crippen LogP contribution is 2.44. The molecule has 0 spiro atoms. The van der Waals surface area contributed by atoms with Gasteiger partial charge in [0.05, 0.1) is 44.2 Å². The van der Waals surface area contributed by atoms with E-state index in [0.29, 0.717) is 72.9 Å². The van der Waals surface area contributed by atoms with Gasteiger partial charge in [-0.1, -0.05) is 36.0 Å². The van der Waals surface area contributed by atoms with Crippen molar-refractivity contribution in [1.29, 1.82) is 0 Å². The van der Waals surface area contributed by atoms with Crippen LogP contribution in [0, 0.1) is 20.8 Å². The van der Waals surface area contributed by atoms with Crippen LogP contribution >= 0.6 is 57.9 Å². The Balaban J connectivity index is 1.10. The average molecular weight is 1160 g/mol. The van der Waals surface area contributed by atoms with Crippen LogP contribution in [0.3, 0.4) is 0 Å². The summed E-state index contributed by atoms with van der Waals surface area (Å²) in [5, 5.41) is 28.1. The lowest BCUT2D eigenvalue weighted by Gasteiger charge is -2.22. The van der Waals surface area contributed by atoms with Crippen molar-refractivity contribution in [1.82, 2.24) is 32.4 Å². The number of hydrogen-bond donors (Lipinski definition) is 4. The molecule has 4 N–H and O–H groups in total. The zero-order chi connectivity index (χ0) is 53.9. The van der Waals surface area contributed by atoms with Crippen molar-refractivity contribution < 1.29 is 25.9 Å². The lowest BCUT2D eigenvalue weighted by atomic mass is 10.0. The van der Waals surface area contributed by atoms with Crippen LogP contribution in [-0.2, 0) is 20.2 Å². The number of benzene rings is 4. The monoisotopic (exact) mass is 1160 g/mol. The Morgan fingerprint density at radius 3 is 1.51 bits per heavy atom. The fourth-order valence-electron chi connectivity index (χ4n) is 7.98. The van der Waals surface area contributed by atoms with E-state index in [4.69, 9.17) is 29.7 Å². The van der Waals surface area contributed by atoms with Crippen molar-refractivity contribution in [2.45, 2.75) is 58.5 Å². The van der Waals surface area contributed by atoms with E-state index in [9.17, 15) is 25.9 Å². The van der Waals surface area contributed by atoms with Gasteiger partial charge in [-0.3, -0.25) is 9.11 Å². The largest absolute Gasteiger partial charge is 0.372 e. The smallest absolute Gasteiger partial charge is 0.294 e. The first-order chi connectivity index (χ1) is 36.4. The summed E-state index contributed by atoms with van der Waals surface area (Å²) in [5.41, 5.74) is 8.89. The van der Waals surface area contributed by atoms with Gasteiger partial charge in [0, 0.05) is 54.4 Å². The zero-order valence-electron chi connectivity index (χ0n) is 41.9. The first-order valence-electron chi connectivity index (χ1n) is 23.6. The molecule has 0 aliphatic carbocycles. The molecule has 9 rings (SSSR count). The fraction of sp³-hybridized carbons (Fsp3) is 0.271. The molecule has 0 amide bonds. The van der Waals surface area contributed by atoms with Crippen molar-refractivity contribution >= 4 is 155 Å². The van der Waals surface area contributed by atoms with E-state index in [0.717, 1.165) is 86.3 Å². The predicted molar refractivity (Wildman–Crippen MR) is 307 cm³/mol. The second-order valence-corrected chi connectivity index (χ2v) is 24.0. The number of nitrogens with one attached hydrogen (secondary N) is 2. The van der Waals surface area contributed by atoms with E-state index in [1.165, 1.54) is 34.7 Å². The van der Waals surface area contributed by atoms with E-state index in [2.05, 4.69) is 83.5 Å². The molecular weight excluding hydrogens is 1110 g/mol. The third-order valence-electron chi connectivity index (χ3n) is 12.1. The van der Waals surface area contributed by atoms with E-state index in [-0.39, 0.29) is 27.7 Å². The first-order valence-corrected chi connectivity index (χ1v) is 30.7. The standard InChI is InChI=1S/C48H49N15O6S7/c1-8-62(9-2)31-16-18-33(54-56-42-38-40(58-73-44(38)60-71-42)29-14-12-26(5)28(7)22-29)35(24-31)49-46-51-47(53-48(52-46)70-20-21-75(64,65)66)50-36-25-32(63(10-3)11-4)17-19-34(36)55-57-43-39-41(59-74-45(39)61-72-43)30-15-13-27(6)37(23-30)76(67,68)69/h12-19,22-25H,8-11,20-21H2,1-7H3,(H,64,65,66)(H,67,68,69)(H2,49,50,51,52,53). The summed E-state index contributed by atoms with van der Waals surface area (Å²) >= 11 is 5.77. The van der Waals surface area contributed by atoms with Gasteiger partial charge in [0.15, 0.2) is 24.8 Å². The van der Waals surface area contributed by atoms with Gasteiger partial charge < -0.3 is 20.4 Å². The van der Waals surface area contributed by atoms with Crippen LogP contribution in [0.15, 0.2) is 103 Å². The summed E-state index contributed by atoms with van der Waals surface area (Å²) in [4.78, 5) is 19.6. The van der Waals surface area contributed by atoms with E-state index >= 15 is 0 Å². The summed E-state index contributed by atoms with van der Waals surface area (Å²) in [5.74, 6) is -0.462. The van der Waals surface area contributed by atoms with Crippen LogP contribution in [0.1, 0.15) is 44.4 Å². The number of aryl methyl sites for hydroxylation is 3. The molecule has 0 aliphatic heterocycles. The molecule has 0 atom stereocenters. The highest BCUT2D eigenvalue weighted by molar-refractivity contribution is 8.00. The lowest BCUT2D eigenvalue weighted by molar-refractivity contribution is 0.481. The van der Waals surface area contributed by atoms with Crippen LogP contribution in [0.25, 0.3) is 42.9 Å². The molecule has 0 saturated heterocycles. The van der Waals surface area contributed by atoms with Gasteiger partial charge in [-0.25, -0.2) is 0 Å². The molecule has 0 unspecified atom stereocenters. The molecule has 0 aliphatic rings. The summed E-state index contributed by atoms with van der Waals surface area (Å²) in [6.07, 6.45) is 0. The molecule has 9 aromatic rings. The second-order valence-electron chi connectivity index (χ2n) is 16.9. The molecule has 4 aromatic carbocycles. The SMILES string of the molecule is CCN(CC)c1ccc(N=Nc2snc3snc(-c4ccc(C)c(C)c4)c23)c(Nc2nc(Nc3cc(N(CC)CC)ccc3N=Nc3snc4snc(-c5ccc(C)c(S(=O)(=O)O)c5)c34)nc(SCCS(=O)(=O)O)n2)c1. The van der Waals surface area contributed by atoms with Gasteiger partial charge in [0.1, 0.15) is 11.4 Å². The van der Waals surface area contributed by atoms with E-state index in [1.54, 1.807) is 25.1 Å². The molecule has 76 heavy (non-hydrogen) atoms. The number of thioether (sulfide) groups is 1. The van der Waals surface area contributed by atoms with Gasteiger partial charge in [0.25, 0.3) is 20.2 Å². The minimum Gasteiger partial charge on any atom is -0.372 e. The number of rotatable bonds is 21. The summed E-state index contributed by atoms with van der Waals surface area (Å²) < 4.78 is 86.2. The van der Waals surface area contributed by atoms with Crippen LogP contribution in [-0.4, -0.2) is 96.1 Å². The van der Waals surface area contributed by atoms with Gasteiger partial charge >= 0.3 is 0 Å². The van der Waals surface area contributed by atoms with Crippen LogP contribution in [0.2, 0.25) is 0 Å². The quantitative estimate of drug-likeness (QED) is 0.0295. The van der Waals surface area contributed by atoms with Gasteiger partial charge in [-0.15, -0.1) is 20.5 Å². The maximum Gasteiger partial charge on any atom is 0.294 e. The summed E-state index contributed by atoms with van der Waals surface area (Å²) in [7, 11) is -8.82. The Morgan fingerprint density at radius 1 is 0.566 bits per heavy atom. The maximum atomic E-state index is 12.2. The minimum atomic E-state index is -4.51. The molecule has 0 bridgehead atoms. The van der Waals surface area contributed by atoms with E-state index in [1.807, 2.05) is 50.2 Å². The third-order valence-corrected chi connectivity index (χ3v) is 18.1. The van der Waals surface area contributed by atoms with Crippen molar-refractivity contribution in [3.8, 4) is 22.5 Å². The molecule has 394 valence electrons.